The van der Waals surface area contributed by atoms with Crippen LogP contribution in [0.1, 0.15) is 11.1 Å². The molecule has 0 saturated heterocycles. The molecule has 0 saturated carbocycles. The largest absolute Gasteiger partial charge is 0.480 e. The van der Waals surface area contributed by atoms with Crippen LogP contribution in [0.3, 0.4) is 0 Å². The molecule has 4 heteroatoms. The van der Waals surface area contributed by atoms with E-state index in [0.717, 1.165) is 27.0 Å². The second kappa shape index (κ2) is 5.29. The van der Waals surface area contributed by atoms with E-state index in [1.807, 2.05) is 49.4 Å². The Morgan fingerprint density at radius 3 is 2.85 bits per heavy atom. The van der Waals surface area contributed by atoms with Gasteiger partial charge in [0, 0.05) is 10.9 Å². The first-order valence-electron chi connectivity index (χ1n) is 6.45. The number of rotatable bonds is 2. The summed E-state index contributed by atoms with van der Waals surface area (Å²) in [6.45, 7) is 1.99. The van der Waals surface area contributed by atoms with E-state index in [1.54, 1.807) is 0 Å². The highest BCUT2D eigenvalue weighted by atomic mass is 79.9. The number of para-hydroxylation sites is 1. The first-order valence-corrected chi connectivity index (χ1v) is 7.25. The number of ether oxygens (including phenoxy) is 1. The summed E-state index contributed by atoms with van der Waals surface area (Å²) >= 11 is 3.49. The lowest BCUT2D eigenvalue weighted by atomic mass is 10.1. The predicted octanol–water partition coefficient (Wildman–Crippen LogP) is 3.70. The number of halogens is 1. The van der Waals surface area contributed by atoms with Crippen molar-refractivity contribution in [1.29, 1.82) is 0 Å². The van der Waals surface area contributed by atoms with Gasteiger partial charge in [-0.05, 0) is 46.1 Å². The molecule has 1 aliphatic rings. The number of anilines is 1. The van der Waals surface area contributed by atoms with E-state index in [-0.39, 0.29) is 5.91 Å². The third-order valence-corrected chi connectivity index (χ3v) is 4.44. The fourth-order valence-corrected chi connectivity index (χ4v) is 2.65. The van der Waals surface area contributed by atoms with Crippen LogP contribution in [0.15, 0.2) is 46.9 Å². The number of fused-ring (bicyclic) bond motifs is 1. The zero-order chi connectivity index (χ0) is 14.1. The van der Waals surface area contributed by atoms with Gasteiger partial charge < -0.3 is 10.1 Å². The lowest BCUT2D eigenvalue weighted by Crippen LogP contribution is -2.31. The molecule has 3 rings (SSSR count). The van der Waals surface area contributed by atoms with Crippen molar-refractivity contribution in [2.24, 2.45) is 0 Å². The van der Waals surface area contributed by atoms with Gasteiger partial charge in [0.25, 0.3) is 5.91 Å². The van der Waals surface area contributed by atoms with Crippen LogP contribution in [0.4, 0.5) is 5.69 Å². The molecule has 1 atom stereocenters. The Morgan fingerprint density at radius 1 is 1.25 bits per heavy atom. The number of carbonyl (C=O) groups excluding carboxylic acids is 1. The van der Waals surface area contributed by atoms with E-state index in [9.17, 15) is 4.79 Å². The molecule has 1 heterocycles. The second-order valence-electron chi connectivity index (χ2n) is 4.84. The van der Waals surface area contributed by atoms with Gasteiger partial charge in [0.05, 0.1) is 5.69 Å². The highest BCUT2D eigenvalue weighted by molar-refractivity contribution is 9.10. The maximum Gasteiger partial charge on any atom is 0.265 e. The Morgan fingerprint density at radius 2 is 2.05 bits per heavy atom. The Bertz CT molecular complexity index is 644. The van der Waals surface area contributed by atoms with Gasteiger partial charge in [-0.1, -0.05) is 30.3 Å². The average Bonchev–Trinajstić information content (AvgIpc) is 2.88. The number of nitrogens with one attached hydrogen (secondary N) is 1. The summed E-state index contributed by atoms with van der Waals surface area (Å²) in [5.41, 5.74) is 2.93. The van der Waals surface area contributed by atoms with Crippen molar-refractivity contribution < 1.29 is 9.53 Å². The molecule has 0 spiro atoms. The van der Waals surface area contributed by atoms with Gasteiger partial charge in [-0.25, -0.2) is 0 Å². The van der Waals surface area contributed by atoms with Crippen molar-refractivity contribution in [1.82, 2.24) is 0 Å². The van der Waals surface area contributed by atoms with Gasteiger partial charge >= 0.3 is 0 Å². The SMILES string of the molecule is Cc1cccc(NC(=O)C2Cc3ccccc3O2)c1Br. The fourth-order valence-electron chi connectivity index (χ4n) is 2.29. The third kappa shape index (κ3) is 2.43. The smallest absolute Gasteiger partial charge is 0.265 e. The van der Waals surface area contributed by atoms with Crippen LogP contribution >= 0.6 is 15.9 Å². The van der Waals surface area contributed by atoms with E-state index in [1.165, 1.54) is 0 Å². The zero-order valence-corrected chi connectivity index (χ0v) is 12.6. The van der Waals surface area contributed by atoms with Crippen LogP contribution in [0.5, 0.6) is 5.75 Å². The van der Waals surface area contributed by atoms with Crippen LogP contribution in [-0.2, 0) is 11.2 Å². The molecule has 20 heavy (non-hydrogen) atoms. The van der Waals surface area contributed by atoms with E-state index in [2.05, 4.69) is 21.2 Å². The number of carbonyl (C=O) groups is 1. The normalized spacial score (nSPS) is 16.4. The van der Waals surface area contributed by atoms with Crippen LogP contribution in [0.25, 0.3) is 0 Å². The number of hydrogen-bond donors (Lipinski definition) is 1. The van der Waals surface area contributed by atoms with E-state index in [0.29, 0.717) is 6.42 Å². The first-order chi connectivity index (χ1) is 9.65. The Labute approximate surface area is 126 Å². The summed E-state index contributed by atoms with van der Waals surface area (Å²) in [7, 11) is 0. The van der Waals surface area contributed by atoms with Gasteiger partial charge in [0.1, 0.15) is 5.75 Å². The van der Waals surface area contributed by atoms with Crippen molar-refractivity contribution in [2.45, 2.75) is 19.4 Å². The lowest BCUT2D eigenvalue weighted by molar-refractivity contribution is -0.122. The second-order valence-corrected chi connectivity index (χ2v) is 5.64. The molecule has 0 radical (unpaired) electrons. The highest BCUT2D eigenvalue weighted by Crippen LogP contribution is 2.30. The number of amides is 1. The topological polar surface area (TPSA) is 38.3 Å². The number of hydrogen-bond acceptors (Lipinski definition) is 2. The minimum atomic E-state index is -0.459. The Hall–Kier alpha value is -1.81. The summed E-state index contributed by atoms with van der Waals surface area (Å²) in [6.07, 6.45) is 0.158. The molecule has 0 aromatic heterocycles. The molecule has 0 bridgehead atoms. The molecular weight excluding hydrogens is 318 g/mol. The molecule has 1 amide bonds. The van der Waals surface area contributed by atoms with Crippen molar-refractivity contribution in [3.05, 3.63) is 58.1 Å². The first kappa shape index (κ1) is 13.2. The number of benzene rings is 2. The monoisotopic (exact) mass is 331 g/mol. The number of aryl methyl sites for hydroxylation is 1. The zero-order valence-electron chi connectivity index (χ0n) is 11.0. The van der Waals surface area contributed by atoms with Gasteiger partial charge in [0.15, 0.2) is 6.10 Å². The quantitative estimate of drug-likeness (QED) is 0.911. The molecule has 2 aromatic rings. The molecule has 1 aliphatic heterocycles. The van der Waals surface area contributed by atoms with Gasteiger partial charge in [-0.3, -0.25) is 4.79 Å². The van der Waals surface area contributed by atoms with Crippen molar-refractivity contribution >= 4 is 27.5 Å². The summed E-state index contributed by atoms with van der Waals surface area (Å²) in [6, 6.07) is 13.5. The van der Waals surface area contributed by atoms with Crippen LogP contribution in [0, 0.1) is 6.92 Å². The van der Waals surface area contributed by atoms with Gasteiger partial charge in [-0.15, -0.1) is 0 Å². The molecule has 102 valence electrons. The van der Waals surface area contributed by atoms with Crippen molar-refractivity contribution in [2.75, 3.05) is 5.32 Å². The molecule has 3 nitrogen and oxygen atoms in total. The molecule has 1 N–H and O–H groups in total. The predicted molar refractivity (Wildman–Crippen MR) is 82.1 cm³/mol. The maximum atomic E-state index is 12.3. The van der Waals surface area contributed by atoms with Gasteiger partial charge in [-0.2, -0.15) is 0 Å². The Kier molecular flexibility index (Phi) is 3.49. The summed E-state index contributed by atoms with van der Waals surface area (Å²) in [4.78, 5) is 12.3. The minimum absolute atomic E-state index is 0.118. The van der Waals surface area contributed by atoms with E-state index < -0.39 is 6.10 Å². The highest BCUT2D eigenvalue weighted by Gasteiger charge is 2.29. The lowest BCUT2D eigenvalue weighted by Gasteiger charge is -2.13. The maximum absolute atomic E-state index is 12.3. The summed E-state index contributed by atoms with van der Waals surface area (Å²) < 4.78 is 6.59. The Balaban J connectivity index is 1.74. The minimum Gasteiger partial charge on any atom is -0.480 e. The third-order valence-electron chi connectivity index (χ3n) is 3.39. The standard InChI is InChI=1S/C16H14BrNO2/c1-10-5-4-7-12(15(10)17)18-16(19)14-9-11-6-2-3-8-13(11)20-14/h2-8,14H,9H2,1H3,(H,18,19). The van der Waals surface area contributed by atoms with Crippen LogP contribution < -0.4 is 10.1 Å². The summed E-state index contributed by atoms with van der Waals surface area (Å²) in [5, 5.41) is 2.92. The molecular formula is C16H14BrNO2. The van der Waals surface area contributed by atoms with Crippen molar-refractivity contribution in [3.8, 4) is 5.75 Å². The average molecular weight is 332 g/mol. The van der Waals surface area contributed by atoms with Crippen LogP contribution in [0.2, 0.25) is 0 Å². The van der Waals surface area contributed by atoms with Gasteiger partial charge in [0.2, 0.25) is 0 Å². The van der Waals surface area contributed by atoms with E-state index >= 15 is 0 Å². The molecule has 1 unspecified atom stereocenters. The molecule has 2 aromatic carbocycles. The summed E-state index contributed by atoms with van der Waals surface area (Å²) in [5.74, 6) is 0.684. The van der Waals surface area contributed by atoms with Crippen LogP contribution in [-0.4, -0.2) is 12.0 Å². The van der Waals surface area contributed by atoms with Crippen molar-refractivity contribution in [3.63, 3.8) is 0 Å². The van der Waals surface area contributed by atoms with E-state index in [4.69, 9.17) is 4.74 Å². The molecule has 0 fully saturated rings. The fraction of sp³-hybridized carbons (Fsp3) is 0.188. The molecule has 0 aliphatic carbocycles.